The normalized spacial score (nSPS) is 10.1. The summed E-state index contributed by atoms with van der Waals surface area (Å²) < 4.78 is 0. The highest BCUT2D eigenvalue weighted by atomic mass is 79.9. The van der Waals surface area contributed by atoms with Crippen LogP contribution in [0.1, 0.15) is 5.56 Å². The van der Waals surface area contributed by atoms with E-state index in [9.17, 15) is 0 Å². The minimum Gasteiger partial charge on any atom is -0.139 e. The Morgan fingerprint density at radius 1 is 1.14 bits per heavy atom. The van der Waals surface area contributed by atoms with E-state index in [1.165, 1.54) is 5.56 Å². The summed E-state index contributed by atoms with van der Waals surface area (Å²) in [5.74, 6) is 0. The van der Waals surface area contributed by atoms with Gasteiger partial charge in [-0.25, -0.2) is 0 Å². The first-order chi connectivity index (χ1) is 6.92. The highest BCUT2D eigenvalue weighted by molar-refractivity contribution is 9.08. The fourth-order valence-corrected chi connectivity index (χ4v) is 1.76. The van der Waals surface area contributed by atoms with E-state index in [2.05, 4.69) is 37.4 Å². The summed E-state index contributed by atoms with van der Waals surface area (Å²) >= 11 is 3.44. The molecular formula is C10H8BrN3. The third-order valence-corrected chi connectivity index (χ3v) is 2.54. The average molecular weight is 250 g/mol. The van der Waals surface area contributed by atoms with Crippen LogP contribution in [-0.2, 0) is 5.33 Å². The van der Waals surface area contributed by atoms with E-state index in [0.29, 0.717) is 0 Å². The average Bonchev–Trinajstić information content (AvgIpc) is 2.30. The van der Waals surface area contributed by atoms with Crippen molar-refractivity contribution in [3.63, 3.8) is 0 Å². The number of alkyl halides is 1. The summed E-state index contributed by atoms with van der Waals surface area (Å²) in [5, 5.41) is 12.1. The van der Waals surface area contributed by atoms with Gasteiger partial charge in [-0.05, 0) is 16.8 Å². The lowest BCUT2D eigenvalue weighted by molar-refractivity contribution is 0.870. The zero-order valence-electron chi connectivity index (χ0n) is 7.39. The van der Waals surface area contributed by atoms with Gasteiger partial charge in [0, 0.05) is 10.9 Å². The molecule has 0 saturated heterocycles. The van der Waals surface area contributed by atoms with Gasteiger partial charge in [0.05, 0.1) is 11.9 Å². The van der Waals surface area contributed by atoms with Crippen molar-refractivity contribution in [1.29, 1.82) is 0 Å². The Labute approximate surface area is 90.3 Å². The molecule has 0 aliphatic carbocycles. The fourth-order valence-electron chi connectivity index (χ4n) is 1.27. The summed E-state index contributed by atoms with van der Waals surface area (Å²) in [6.45, 7) is 0. The quantitative estimate of drug-likeness (QED) is 0.768. The van der Waals surface area contributed by atoms with E-state index >= 15 is 0 Å². The van der Waals surface area contributed by atoms with Crippen LogP contribution < -0.4 is 0 Å². The molecule has 0 spiro atoms. The van der Waals surface area contributed by atoms with Gasteiger partial charge < -0.3 is 0 Å². The third-order valence-electron chi connectivity index (χ3n) is 1.94. The molecule has 70 valence electrons. The lowest BCUT2D eigenvalue weighted by Crippen LogP contribution is -1.92. The van der Waals surface area contributed by atoms with E-state index in [4.69, 9.17) is 0 Å². The lowest BCUT2D eigenvalue weighted by Gasteiger charge is -2.03. The Morgan fingerprint density at radius 3 is 2.71 bits per heavy atom. The second-order valence-corrected chi connectivity index (χ2v) is 3.36. The zero-order valence-corrected chi connectivity index (χ0v) is 8.98. The van der Waals surface area contributed by atoms with Crippen LogP contribution in [0.2, 0.25) is 0 Å². The molecule has 14 heavy (non-hydrogen) atoms. The molecule has 2 rings (SSSR count). The molecule has 0 unspecified atom stereocenters. The topological polar surface area (TPSA) is 38.7 Å². The summed E-state index contributed by atoms with van der Waals surface area (Å²) in [7, 11) is 0. The summed E-state index contributed by atoms with van der Waals surface area (Å²) in [6, 6.07) is 9.94. The molecule has 1 heterocycles. The number of rotatable bonds is 2. The number of halogens is 1. The molecule has 2 aromatic rings. The van der Waals surface area contributed by atoms with Gasteiger partial charge in [-0.3, -0.25) is 0 Å². The van der Waals surface area contributed by atoms with Crippen LogP contribution in [0.3, 0.4) is 0 Å². The number of benzene rings is 1. The number of hydrogen-bond acceptors (Lipinski definition) is 3. The molecule has 0 radical (unpaired) electrons. The van der Waals surface area contributed by atoms with Crippen molar-refractivity contribution in [2.24, 2.45) is 0 Å². The van der Waals surface area contributed by atoms with E-state index in [-0.39, 0.29) is 0 Å². The Kier molecular flexibility index (Phi) is 2.84. The first kappa shape index (κ1) is 9.27. The number of nitrogens with zero attached hydrogens (tertiary/aromatic N) is 3. The van der Waals surface area contributed by atoms with Crippen LogP contribution in [0.5, 0.6) is 0 Å². The van der Waals surface area contributed by atoms with Crippen molar-refractivity contribution < 1.29 is 0 Å². The first-order valence-corrected chi connectivity index (χ1v) is 5.32. The van der Waals surface area contributed by atoms with E-state index in [1.807, 2.05) is 24.3 Å². The zero-order chi connectivity index (χ0) is 9.80. The smallest absolute Gasteiger partial charge is 0.0966 e. The molecule has 0 amide bonds. The first-order valence-electron chi connectivity index (χ1n) is 4.20. The van der Waals surface area contributed by atoms with Crippen molar-refractivity contribution >= 4 is 15.9 Å². The van der Waals surface area contributed by atoms with E-state index in [0.717, 1.165) is 16.6 Å². The van der Waals surface area contributed by atoms with Gasteiger partial charge in [0.2, 0.25) is 0 Å². The molecule has 0 saturated carbocycles. The van der Waals surface area contributed by atoms with Crippen LogP contribution in [0, 0.1) is 0 Å². The van der Waals surface area contributed by atoms with Crippen molar-refractivity contribution in [2.75, 3.05) is 0 Å². The van der Waals surface area contributed by atoms with Gasteiger partial charge in [0.25, 0.3) is 0 Å². The highest BCUT2D eigenvalue weighted by Crippen LogP contribution is 2.22. The maximum atomic E-state index is 3.98. The predicted octanol–water partition coefficient (Wildman–Crippen LogP) is 2.43. The van der Waals surface area contributed by atoms with Crippen molar-refractivity contribution in [2.45, 2.75) is 5.33 Å². The standard InChI is InChI=1S/C10H8BrN3/c11-7-8-3-1-2-4-9(8)10-5-6-12-14-13-10/h1-6H,7H2. The highest BCUT2D eigenvalue weighted by Gasteiger charge is 2.03. The Bertz CT molecular complexity index is 417. The molecule has 4 heteroatoms. The van der Waals surface area contributed by atoms with Gasteiger partial charge in [-0.1, -0.05) is 40.2 Å². The minimum atomic E-state index is 0.813. The van der Waals surface area contributed by atoms with E-state index < -0.39 is 0 Å². The Hall–Kier alpha value is -1.29. The number of hydrogen-bond donors (Lipinski definition) is 0. The molecule has 0 bridgehead atoms. The van der Waals surface area contributed by atoms with Crippen LogP contribution >= 0.6 is 15.9 Å². The van der Waals surface area contributed by atoms with Gasteiger partial charge in [-0.2, -0.15) is 0 Å². The summed E-state index contributed by atoms with van der Waals surface area (Å²) in [6.07, 6.45) is 1.65. The van der Waals surface area contributed by atoms with Crippen LogP contribution in [-0.4, -0.2) is 15.4 Å². The lowest BCUT2D eigenvalue weighted by atomic mass is 10.1. The fraction of sp³-hybridized carbons (Fsp3) is 0.100. The molecule has 1 aromatic heterocycles. The maximum Gasteiger partial charge on any atom is 0.0966 e. The predicted molar refractivity (Wildman–Crippen MR) is 57.9 cm³/mol. The summed E-state index contributed by atoms with van der Waals surface area (Å²) in [5.41, 5.74) is 3.15. The van der Waals surface area contributed by atoms with E-state index in [1.54, 1.807) is 6.20 Å². The molecule has 0 aliphatic heterocycles. The number of aromatic nitrogens is 3. The summed E-state index contributed by atoms with van der Waals surface area (Å²) in [4.78, 5) is 0. The van der Waals surface area contributed by atoms with Crippen LogP contribution in [0.25, 0.3) is 11.3 Å². The monoisotopic (exact) mass is 249 g/mol. The molecule has 0 N–H and O–H groups in total. The van der Waals surface area contributed by atoms with Crippen molar-refractivity contribution in [1.82, 2.24) is 15.4 Å². The minimum absolute atomic E-state index is 0.813. The second-order valence-electron chi connectivity index (χ2n) is 2.80. The van der Waals surface area contributed by atoms with Gasteiger partial charge in [-0.15, -0.1) is 10.2 Å². The van der Waals surface area contributed by atoms with Gasteiger partial charge in [0.1, 0.15) is 0 Å². The van der Waals surface area contributed by atoms with Crippen LogP contribution in [0.4, 0.5) is 0 Å². The molecule has 1 aromatic carbocycles. The molecule has 3 nitrogen and oxygen atoms in total. The molecule has 0 atom stereocenters. The third kappa shape index (κ3) is 1.80. The molecular weight excluding hydrogens is 242 g/mol. The van der Waals surface area contributed by atoms with Gasteiger partial charge in [0.15, 0.2) is 0 Å². The molecule has 0 fully saturated rings. The SMILES string of the molecule is BrCc1ccccc1-c1ccnnn1. The largest absolute Gasteiger partial charge is 0.139 e. The van der Waals surface area contributed by atoms with Gasteiger partial charge >= 0.3 is 0 Å². The van der Waals surface area contributed by atoms with Crippen LogP contribution in [0.15, 0.2) is 36.5 Å². The Morgan fingerprint density at radius 2 is 2.00 bits per heavy atom. The van der Waals surface area contributed by atoms with Crippen molar-refractivity contribution in [3.05, 3.63) is 42.1 Å². The van der Waals surface area contributed by atoms with Crippen molar-refractivity contribution in [3.8, 4) is 11.3 Å². The molecule has 0 aliphatic rings. The second kappa shape index (κ2) is 4.28. The Balaban J connectivity index is 2.51. The maximum absolute atomic E-state index is 3.98.